The van der Waals surface area contributed by atoms with Crippen LogP contribution in [0.5, 0.6) is 0 Å². The fraction of sp³-hybridized carbons (Fsp3) is 0.391. The highest BCUT2D eigenvalue weighted by molar-refractivity contribution is 5.83. The molecule has 1 heterocycles. The fourth-order valence-corrected chi connectivity index (χ4v) is 3.58. The summed E-state index contributed by atoms with van der Waals surface area (Å²) in [5.41, 5.74) is 3.10. The molecule has 4 rings (SSSR count). The lowest BCUT2D eigenvalue weighted by Gasteiger charge is -2.23. The first-order chi connectivity index (χ1) is 13.7. The number of fused-ring (bicyclic) bond motifs is 1. The van der Waals surface area contributed by atoms with Crippen molar-refractivity contribution in [2.75, 3.05) is 18.4 Å². The van der Waals surface area contributed by atoms with Crippen molar-refractivity contribution in [1.29, 1.82) is 0 Å². The second-order valence-corrected chi connectivity index (χ2v) is 7.63. The number of imidazole rings is 1. The molecule has 0 aliphatic heterocycles. The number of amides is 1. The second kappa shape index (κ2) is 8.46. The molecule has 1 aliphatic rings. The van der Waals surface area contributed by atoms with E-state index in [4.69, 9.17) is 4.98 Å². The standard InChI is InChI=1S/C23H28N4O/c1-2-14-26(16-19-12-13-19)22(28)17-27-21-11-7-6-10-20(21)25-23(27)24-15-18-8-4-3-5-9-18/h3-11,19H,2,12-17H2,1H3,(H,24,25). The van der Waals surface area contributed by atoms with Crippen molar-refractivity contribution in [3.63, 3.8) is 0 Å². The van der Waals surface area contributed by atoms with Gasteiger partial charge in [-0.3, -0.25) is 4.79 Å². The van der Waals surface area contributed by atoms with E-state index >= 15 is 0 Å². The van der Waals surface area contributed by atoms with E-state index in [9.17, 15) is 4.79 Å². The van der Waals surface area contributed by atoms with Gasteiger partial charge in [-0.1, -0.05) is 49.4 Å². The van der Waals surface area contributed by atoms with Gasteiger partial charge < -0.3 is 14.8 Å². The third-order valence-corrected chi connectivity index (χ3v) is 5.26. The fourth-order valence-electron chi connectivity index (χ4n) is 3.58. The summed E-state index contributed by atoms with van der Waals surface area (Å²) in [5, 5.41) is 3.43. The first-order valence-electron chi connectivity index (χ1n) is 10.3. The van der Waals surface area contributed by atoms with Gasteiger partial charge in [0.25, 0.3) is 0 Å². The number of carbonyl (C=O) groups excluding carboxylic acids is 1. The minimum absolute atomic E-state index is 0.180. The van der Waals surface area contributed by atoms with Crippen LogP contribution in [0, 0.1) is 5.92 Å². The summed E-state index contributed by atoms with van der Waals surface area (Å²) in [6.07, 6.45) is 3.50. The molecule has 2 aromatic carbocycles. The molecule has 1 fully saturated rings. The Kier molecular flexibility index (Phi) is 5.60. The maximum Gasteiger partial charge on any atom is 0.242 e. The molecule has 0 unspecified atom stereocenters. The van der Waals surface area contributed by atoms with E-state index in [1.807, 2.05) is 51.9 Å². The molecule has 1 saturated carbocycles. The molecule has 5 nitrogen and oxygen atoms in total. The number of hydrogen-bond acceptors (Lipinski definition) is 3. The van der Waals surface area contributed by atoms with Gasteiger partial charge in [-0.05, 0) is 42.9 Å². The van der Waals surface area contributed by atoms with Gasteiger partial charge in [0, 0.05) is 19.6 Å². The highest BCUT2D eigenvalue weighted by Gasteiger charge is 2.27. The van der Waals surface area contributed by atoms with Gasteiger partial charge in [-0.25, -0.2) is 4.98 Å². The van der Waals surface area contributed by atoms with Crippen molar-refractivity contribution in [2.45, 2.75) is 39.3 Å². The van der Waals surface area contributed by atoms with E-state index in [1.54, 1.807) is 0 Å². The Bertz CT molecular complexity index is 930. The monoisotopic (exact) mass is 376 g/mol. The third kappa shape index (κ3) is 4.35. The predicted octanol–water partition coefficient (Wildman–Crippen LogP) is 4.30. The molecule has 28 heavy (non-hydrogen) atoms. The number of anilines is 1. The second-order valence-electron chi connectivity index (χ2n) is 7.63. The van der Waals surface area contributed by atoms with Crippen LogP contribution in [0.1, 0.15) is 31.7 Å². The number of para-hydroxylation sites is 2. The lowest BCUT2D eigenvalue weighted by molar-refractivity contribution is -0.132. The summed E-state index contributed by atoms with van der Waals surface area (Å²) >= 11 is 0. The summed E-state index contributed by atoms with van der Waals surface area (Å²) in [7, 11) is 0. The maximum absolute atomic E-state index is 13.1. The van der Waals surface area contributed by atoms with Gasteiger partial charge in [0.2, 0.25) is 11.9 Å². The molecule has 0 spiro atoms. The van der Waals surface area contributed by atoms with Crippen molar-refractivity contribution in [1.82, 2.24) is 14.5 Å². The van der Waals surface area contributed by atoms with Crippen LogP contribution in [0.15, 0.2) is 54.6 Å². The van der Waals surface area contributed by atoms with Crippen LogP contribution >= 0.6 is 0 Å². The lowest BCUT2D eigenvalue weighted by Crippen LogP contribution is -2.36. The van der Waals surface area contributed by atoms with Gasteiger partial charge in [-0.2, -0.15) is 0 Å². The first kappa shape index (κ1) is 18.5. The summed E-state index contributed by atoms with van der Waals surface area (Å²) < 4.78 is 2.02. The highest BCUT2D eigenvalue weighted by Crippen LogP contribution is 2.30. The average Bonchev–Trinajstić information content (AvgIpc) is 3.48. The molecule has 146 valence electrons. The molecule has 0 atom stereocenters. The molecular formula is C23H28N4O. The maximum atomic E-state index is 13.1. The summed E-state index contributed by atoms with van der Waals surface area (Å²) in [6, 6.07) is 18.3. The molecule has 0 radical (unpaired) electrons. The third-order valence-electron chi connectivity index (χ3n) is 5.26. The quantitative estimate of drug-likeness (QED) is 0.606. The van der Waals surface area contributed by atoms with Crippen molar-refractivity contribution in [3.8, 4) is 0 Å². The Balaban J connectivity index is 1.56. The molecule has 1 aromatic heterocycles. The molecule has 1 aliphatic carbocycles. The molecule has 1 N–H and O–H groups in total. The first-order valence-corrected chi connectivity index (χ1v) is 10.3. The van der Waals surface area contributed by atoms with E-state index in [1.165, 1.54) is 18.4 Å². The van der Waals surface area contributed by atoms with Crippen molar-refractivity contribution >= 4 is 22.9 Å². The number of aromatic nitrogens is 2. The number of rotatable bonds is 9. The zero-order valence-electron chi connectivity index (χ0n) is 16.5. The van der Waals surface area contributed by atoms with Gasteiger partial charge in [0.15, 0.2) is 0 Å². The van der Waals surface area contributed by atoms with Crippen LogP contribution in [0.25, 0.3) is 11.0 Å². The van der Waals surface area contributed by atoms with Crippen LogP contribution in [0.2, 0.25) is 0 Å². The van der Waals surface area contributed by atoms with Crippen LogP contribution in [-0.2, 0) is 17.9 Å². The SMILES string of the molecule is CCCN(CC1CC1)C(=O)Cn1c(NCc2ccccc2)nc2ccccc21. The van der Waals surface area contributed by atoms with Crippen molar-refractivity contribution < 1.29 is 4.79 Å². The van der Waals surface area contributed by atoms with Crippen LogP contribution < -0.4 is 5.32 Å². The Labute approximate surface area is 166 Å². The number of nitrogens with one attached hydrogen (secondary N) is 1. The van der Waals surface area contributed by atoms with Crippen LogP contribution in [0.4, 0.5) is 5.95 Å². The van der Waals surface area contributed by atoms with E-state index < -0.39 is 0 Å². The van der Waals surface area contributed by atoms with Crippen molar-refractivity contribution in [2.24, 2.45) is 5.92 Å². The Hall–Kier alpha value is -2.82. The smallest absolute Gasteiger partial charge is 0.242 e. The number of carbonyl (C=O) groups is 1. The van der Waals surface area contributed by atoms with Gasteiger partial charge >= 0.3 is 0 Å². The Morgan fingerprint density at radius 2 is 1.89 bits per heavy atom. The topological polar surface area (TPSA) is 50.2 Å². The molecule has 5 heteroatoms. The summed E-state index contributed by atoms with van der Waals surface area (Å²) in [5.74, 6) is 1.63. The number of hydrogen-bond donors (Lipinski definition) is 1. The predicted molar refractivity (Wildman–Crippen MR) is 113 cm³/mol. The molecule has 0 bridgehead atoms. The highest BCUT2D eigenvalue weighted by atomic mass is 16.2. The average molecular weight is 377 g/mol. The van der Waals surface area contributed by atoms with Crippen LogP contribution in [-0.4, -0.2) is 33.4 Å². The van der Waals surface area contributed by atoms with E-state index in [-0.39, 0.29) is 5.91 Å². The molecule has 3 aromatic rings. The van der Waals surface area contributed by atoms with Crippen molar-refractivity contribution in [3.05, 3.63) is 60.2 Å². The van der Waals surface area contributed by atoms with E-state index in [0.717, 1.165) is 36.5 Å². The normalized spacial score (nSPS) is 13.6. The van der Waals surface area contributed by atoms with Gasteiger partial charge in [0.1, 0.15) is 6.54 Å². The number of nitrogens with zero attached hydrogens (tertiary/aromatic N) is 3. The van der Waals surface area contributed by atoms with Gasteiger partial charge in [-0.15, -0.1) is 0 Å². The zero-order chi connectivity index (χ0) is 19.3. The van der Waals surface area contributed by atoms with E-state index in [0.29, 0.717) is 19.0 Å². The minimum Gasteiger partial charge on any atom is -0.352 e. The zero-order valence-corrected chi connectivity index (χ0v) is 16.5. The Morgan fingerprint density at radius 1 is 1.14 bits per heavy atom. The van der Waals surface area contributed by atoms with Crippen LogP contribution in [0.3, 0.4) is 0 Å². The van der Waals surface area contributed by atoms with Gasteiger partial charge in [0.05, 0.1) is 11.0 Å². The summed E-state index contributed by atoms with van der Waals surface area (Å²) in [4.78, 5) is 19.9. The van der Waals surface area contributed by atoms with E-state index in [2.05, 4.69) is 24.4 Å². The molecule has 1 amide bonds. The lowest BCUT2D eigenvalue weighted by atomic mass is 10.2. The Morgan fingerprint density at radius 3 is 2.64 bits per heavy atom. The largest absolute Gasteiger partial charge is 0.352 e. The number of benzene rings is 2. The molecule has 0 saturated heterocycles. The summed E-state index contributed by atoms with van der Waals surface area (Å²) in [6.45, 7) is 4.86. The molecular weight excluding hydrogens is 348 g/mol. The minimum atomic E-state index is 0.180.